The molecule has 0 spiro atoms. The summed E-state index contributed by atoms with van der Waals surface area (Å²) in [7, 11) is 0. The molecule has 222 valence electrons. The molecule has 0 rings (SSSR count). The van der Waals surface area contributed by atoms with Gasteiger partial charge in [0.15, 0.2) is 0 Å². The second kappa shape index (κ2) is 30.0. The summed E-state index contributed by atoms with van der Waals surface area (Å²) in [6.07, 6.45) is 35.8. The highest BCUT2D eigenvalue weighted by Crippen LogP contribution is 2.16. The molecule has 0 aromatic carbocycles. The van der Waals surface area contributed by atoms with E-state index in [2.05, 4.69) is 27.7 Å². The lowest BCUT2D eigenvalue weighted by atomic mass is 10.0. The van der Waals surface area contributed by atoms with Crippen LogP contribution in [0.1, 0.15) is 201 Å². The van der Waals surface area contributed by atoms with Gasteiger partial charge in [-0.3, -0.25) is 4.79 Å². The van der Waals surface area contributed by atoms with E-state index in [1.165, 1.54) is 154 Å². The van der Waals surface area contributed by atoms with Crippen LogP contribution in [-0.2, 0) is 9.53 Å². The molecule has 0 heterocycles. The van der Waals surface area contributed by atoms with Gasteiger partial charge in [0, 0.05) is 6.42 Å². The highest BCUT2D eigenvalue weighted by Gasteiger charge is 2.03. The number of carbonyl (C=O) groups excluding carboxylic acids is 1. The summed E-state index contributed by atoms with van der Waals surface area (Å²) in [5.74, 6) is 1.76. The molecule has 0 aliphatic carbocycles. The van der Waals surface area contributed by atoms with E-state index in [0.29, 0.717) is 13.0 Å². The summed E-state index contributed by atoms with van der Waals surface area (Å²) in [5.41, 5.74) is 0. The molecule has 2 nitrogen and oxygen atoms in total. The van der Waals surface area contributed by atoms with Gasteiger partial charge in [0.05, 0.1) is 6.61 Å². The molecular weight excluding hydrogens is 452 g/mol. The predicted octanol–water partition coefficient (Wildman–Crippen LogP) is 12.4. The molecular formula is C35H70O2. The van der Waals surface area contributed by atoms with Crippen LogP contribution in [0, 0.1) is 11.8 Å². The zero-order valence-electron chi connectivity index (χ0n) is 26.3. The molecule has 0 aromatic rings. The van der Waals surface area contributed by atoms with Crippen LogP contribution >= 0.6 is 0 Å². The smallest absolute Gasteiger partial charge is 0.305 e. The third-order valence-corrected chi connectivity index (χ3v) is 7.85. The number of unbranched alkanes of at least 4 members (excludes halogenated alkanes) is 22. The molecule has 0 amide bonds. The number of rotatable bonds is 30. The largest absolute Gasteiger partial charge is 0.466 e. The first kappa shape index (κ1) is 36.5. The molecule has 0 aliphatic rings. The summed E-state index contributed by atoms with van der Waals surface area (Å²) in [6, 6.07) is 0. The van der Waals surface area contributed by atoms with Gasteiger partial charge in [-0.05, 0) is 24.7 Å². The minimum Gasteiger partial charge on any atom is -0.466 e. The number of ether oxygens (including phenoxy) is 1. The average Bonchev–Trinajstić information content (AvgIpc) is 2.86. The maximum absolute atomic E-state index is 11.9. The summed E-state index contributed by atoms with van der Waals surface area (Å²) in [5, 5.41) is 0. The Morgan fingerprint density at radius 3 is 1.00 bits per heavy atom. The predicted molar refractivity (Wildman–Crippen MR) is 165 cm³/mol. The van der Waals surface area contributed by atoms with Crippen molar-refractivity contribution in [3.05, 3.63) is 0 Å². The molecule has 0 aromatic heterocycles. The Hall–Kier alpha value is -0.530. The summed E-state index contributed by atoms with van der Waals surface area (Å²) < 4.78 is 5.43. The van der Waals surface area contributed by atoms with Gasteiger partial charge in [-0.1, -0.05) is 182 Å². The van der Waals surface area contributed by atoms with Crippen molar-refractivity contribution < 1.29 is 9.53 Å². The van der Waals surface area contributed by atoms with Crippen molar-refractivity contribution in [2.75, 3.05) is 6.61 Å². The Morgan fingerprint density at radius 2 is 0.676 bits per heavy atom. The van der Waals surface area contributed by atoms with Crippen molar-refractivity contribution in [1.82, 2.24) is 0 Å². The molecule has 0 bridgehead atoms. The highest BCUT2D eigenvalue weighted by atomic mass is 16.5. The van der Waals surface area contributed by atoms with Gasteiger partial charge in [0.2, 0.25) is 0 Å². The van der Waals surface area contributed by atoms with Crippen molar-refractivity contribution in [1.29, 1.82) is 0 Å². The molecule has 0 atom stereocenters. The second-order valence-electron chi connectivity index (χ2n) is 12.8. The van der Waals surface area contributed by atoms with Crippen LogP contribution < -0.4 is 0 Å². The number of hydrogen-bond acceptors (Lipinski definition) is 2. The van der Waals surface area contributed by atoms with E-state index in [1.807, 2.05) is 0 Å². The van der Waals surface area contributed by atoms with Crippen LogP contribution in [0.3, 0.4) is 0 Å². The molecule has 0 saturated carbocycles. The molecule has 0 saturated heterocycles. The fourth-order valence-corrected chi connectivity index (χ4v) is 5.27. The molecule has 0 fully saturated rings. The van der Waals surface area contributed by atoms with E-state index in [0.717, 1.165) is 24.7 Å². The minimum atomic E-state index is 0.0254. The van der Waals surface area contributed by atoms with E-state index in [1.54, 1.807) is 0 Å². The molecule has 37 heavy (non-hydrogen) atoms. The van der Waals surface area contributed by atoms with Crippen molar-refractivity contribution >= 4 is 5.97 Å². The van der Waals surface area contributed by atoms with Gasteiger partial charge in [-0.15, -0.1) is 0 Å². The standard InChI is InChI=1S/C35H70O2/c1-33(2)29-25-21-17-13-9-6-5-7-12-16-20-24-28-32-37-35(36)31-27-23-19-15-11-8-10-14-18-22-26-30-34(3)4/h33-34H,5-32H2,1-4H3. The Bertz CT molecular complexity index is 443. The monoisotopic (exact) mass is 523 g/mol. The first-order valence-electron chi connectivity index (χ1n) is 17.2. The third-order valence-electron chi connectivity index (χ3n) is 7.85. The molecule has 2 heteroatoms. The minimum absolute atomic E-state index is 0.0254. The quantitative estimate of drug-likeness (QED) is 0.0692. The van der Waals surface area contributed by atoms with E-state index in [4.69, 9.17) is 4.74 Å². The van der Waals surface area contributed by atoms with Gasteiger partial charge < -0.3 is 4.74 Å². The van der Waals surface area contributed by atoms with Crippen molar-refractivity contribution in [2.24, 2.45) is 11.8 Å². The Kier molecular flexibility index (Phi) is 29.6. The lowest BCUT2D eigenvalue weighted by molar-refractivity contribution is -0.143. The first-order chi connectivity index (χ1) is 18.0. The van der Waals surface area contributed by atoms with Crippen LogP contribution in [-0.4, -0.2) is 12.6 Å². The van der Waals surface area contributed by atoms with E-state index in [-0.39, 0.29) is 5.97 Å². The SMILES string of the molecule is CC(C)CCCCCCCCCCCCCCCOC(=O)CCCCCCCCCCCCCC(C)C. The normalized spacial score (nSPS) is 11.6. The molecule has 0 N–H and O–H groups in total. The number of esters is 1. The van der Waals surface area contributed by atoms with E-state index in [9.17, 15) is 4.79 Å². The van der Waals surface area contributed by atoms with E-state index < -0.39 is 0 Å². The fourth-order valence-electron chi connectivity index (χ4n) is 5.27. The maximum atomic E-state index is 11.9. The molecule has 0 unspecified atom stereocenters. The average molecular weight is 523 g/mol. The lowest BCUT2D eigenvalue weighted by Crippen LogP contribution is -2.05. The van der Waals surface area contributed by atoms with E-state index >= 15 is 0 Å². The van der Waals surface area contributed by atoms with Gasteiger partial charge in [-0.2, -0.15) is 0 Å². The van der Waals surface area contributed by atoms with Crippen LogP contribution in [0.4, 0.5) is 0 Å². The van der Waals surface area contributed by atoms with Crippen molar-refractivity contribution in [3.8, 4) is 0 Å². The lowest BCUT2D eigenvalue weighted by Gasteiger charge is -2.06. The Labute approximate surface area is 234 Å². The fraction of sp³-hybridized carbons (Fsp3) is 0.971. The van der Waals surface area contributed by atoms with Crippen LogP contribution in [0.15, 0.2) is 0 Å². The first-order valence-corrected chi connectivity index (χ1v) is 17.2. The zero-order chi connectivity index (χ0) is 27.2. The van der Waals surface area contributed by atoms with Gasteiger partial charge in [0.1, 0.15) is 0 Å². The zero-order valence-corrected chi connectivity index (χ0v) is 26.3. The maximum Gasteiger partial charge on any atom is 0.305 e. The van der Waals surface area contributed by atoms with Crippen LogP contribution in [0.2, 0.25) is 0 Å². The Balaban J connectivity index is 3.16. The van der Waals surface area contributed by atoms with Gasteiger partial charge >= 0.3 is 5.97 Å². The molecule has 0 radical (unpaired) electrons. The summed E-state index contributed by atoms with van der Waals surface area (Å²) in [4.78, 5) is 11.9. The van der Waals surface area contributed by atoms with Crippen LogP contribution in [0.5, 0.6) is 0 Å². The Morgan fingerprint density at radius 1 is 0.405 bits per heavy atom. The summed E-state index contributed by atoms with van der Waals surface area (Å²) >= 11 is 0. The number of hydrogen-bond donors (Lipinski definition) is 0. The number of carbonyl (C=O) groups is 1. The topological polar surface area (TPSA) is 26.3 Å². The van der Waals surface area contributed by atoms with Gasteiger partial charge in [-0.25, -0.2) is 0 Å². The third kappa shape index (κ3) is 33.4. The van der Waals surface area contributed by atoms with Crippen LogP contribution in [0.25, 0.3) is 0 Å². The van der Waals surface area contributed by atoms with Crippen molar-refractivity contribution in [2.45, 2.75) is 201 Å². The molecule has 0 aliphatic heterocycles. The highest BCUT2D eigenvalue weighted by molar-refractivity contribution is 5.69. The van der Waals surface area contributed by atoms with Gasteiger partial charge in [0.25, 0.3) is 0 Å². The second-order valence-corrected chi connectivity index (χ2v) is 12.8. The summed E-state index contributed by atoms with van der Waals surface area (Å²) in [6.45, 7) is 9.94. The van der Waals surface area contributed by atoms with Crippen molar-refractivity contribution in [3.63, 3.8) is 0 Å².